The molecule has 0 bridgehead atoms. The molecule has 2 heterocycles. The second kappa shape index (κ2) is 4.96. The van der Waals surface area contributed by atoms with Crippen molar-refractivity contribution in [1.29, 1.82) is 0 Å². The van der Waals surface area contributed by atoms with Crippen molar-refractivity contribution in [2.24, 2.45) is 5.41 Å². The summed E-state index contributed by atoms with van der Waals surface area (Å²) < 4.78 is 5.34. The van der Waals surface area contributed by atoms with Gasteiger partial charge in [0.15, 0.2) is 0 Å². The molecule has 3 nitrogen and oxygen atoms in total. The van der Waals surface area contributed by atoms with Crippen molar-refractivity contribution in [2.75, 3.05) is 17.7 Å². The minimum Gasteiger partial charge on any atom is -0.464 e. The van der Waals surface area contributed by atoms with Crippen molar-refractivity contribution < 1.29 is 4.42 Å². The molecule has 0 aliphatic rings. The van der Waals surface area contributed by atoms with Crippen molar-refractivity contribution in [3.63, 3.8) is 0 Å². The van der Waals surface area contributed by atoms with Gasteiger partial charge in [-0.25, -0.2) is 4.98 Å². The Bertz CT molecular complexity index is 493. The molecule has 0 aliphatic carbocycles. The van der Waals surface area contributed by atoms with Crippen LogP contribution in [0.25, 0.3) is 11.0 Å². The van der Waals surface area contributed by atoms with Gasteiger partial charge in [-0.1, -0.05) is 13.8 Å². The van der Waals surface area contributed by atoms with Crippen LogP contribution in [0.2, 0.25) is 0 Å². The molecule has 0 amide bonds. The van der Waals surface area contributed by atoms with Gasteiger partial charge in [0.2, 0.25) is 0 Å². The van der Waals surface area contributed by atoms with E-state index in [1.807, 2.05) is 12.1 Å². The molecule has 0 aliphatic heterocycles. The number of rotatable bonds is 5. The number of pyridine rings is 1. The van der Waals surface area contributed by atoms with Crippen LogP contribution in [0.3, 0.4) is 0 Å². The second-order valence-corrected chi connectivity index (χ2v) is 5.33. The van der Waals surface area contributed by atoms with E-state index in [0.29, 0.717) is 5.88 Å². The monoisotopic (exact) mass is 252 g/mol. The van der Waals surface area contributed by atoms with E-state index >= 15 is 0 Å². The Balaban J connectivity index is 2.11. The summed E-state index contributed by atoms with van der Waals surface area (Å²) in [4.78, 5) is 4.34. The number of hydrogen-bond acceptors (Lipinski definition) is 3. The fourth-order valence-corrected chi connectivity index (χ4v) is 2.21. The van der Waals surface area contributed by atoms with Crippen LogP contribution in [-0.2, 0) is 0 Å². The Morgan fingerprint density at radius 1 is 1.41 bits per heavy atom. The highest BCUT2D eigenvalue weighted by molar-refractivity contribution is 6.17. The Morgan fingerprint density at radius 3 is 3.00 bits per heavy atom. The van der Waals surface area contributed by atoms with Gasteiger partial charge in [0.25, 0.3) is 0 Å². The highest BCUT2D eigenvalue weighted by Gasteiger charge is 2.17. The lowest BCUT2D eigenvalue weighted by Crippen LogP contribution is -2.24. The minimum absolute atomic E-state index is 0.162. The third kappa shape index (κ3) is 2.91. The third-order valence-corrected chi connectivity index (χ3v) is 3.07. The first-order valence-corrected chi connectivity index (χ1v) is 6.28. The van der Waals surface area contributed by atoms with E-state index in [1.165, 1.54) is 0 Å². The molecule has 4 heteroatoms. The van der Waals surface area contributed by atoms with Crippen molar-refractivity contribution in [3.05, 3.63) is 24.6 Å². The van der Waals surface area contributed by atoms with Crippen LogP contribution in [0.1, 0.15) is 20.3 Å². The van der Waals surface area contributed by atoms with Gasteiger partial charge < -0.3 is 9.73 Å². The van der Waals surface area contributed by atoms with Gasteiger partial charge >= 0.3 is 0 Å². The number of alkyl halides is 1. The Hall–Kier alpha value is -1.22. The molecular formula is C13H17ClN2O. The van der Waals surface area contributed by atoms with Crippen LogP contribution in [0.4, 0.5) is 5.82 Å². The zero-order valence-electron chi connectivity index (χ0n) is 10.2. The fraction of sp³-hybridized carbons (Fsp3) is 0.462. The lowest BCUT2D eigenvalue weighted by atomic mass is 9.90. The summed E-state index contributed by atoms with van der Waals surface area (Å²) in [5.74, 6) is 1.55. The van der Waals surface area contributed by atoms with Crippen LogP contribution in [0.15, 0.2) is 29.0 Å². The van der Waals surface area contributed by atoms with Crippen molar-refractivity contribution >= 4 is 28.4 Å². The Kier molecular flexibility index (Phi) is 3.57. The summed E-state index contributed by atoms with van der Waals surface area (Å²) in [7, 11) is 0. The van der Waals surface area contributed by atoms with E-state index < -0.39 is 0 Å². The summed E-state index contributed by atoms with van der Waals surface area (Å²) in [6, 6.07) is 3.80. The molecule has 0 unspecified atom stereocenters. The summed E-state index contributed by atoms with van der Waals surface area (Å²) in [5, 5.41) is 4.39. The Labute approximate surface area is 106 Å². The zero-order valence-corrected chi connectivity index (χ0v) is 10.9. The largest absolute Gasteiger partial charge is 0.464 e. The first-order chi connectivity index (χ1) is 8.12. The predicted molar refractivity (Wildman–Crippen MR) is 71.6 cm³/mol. The molecule has 0 radical (unpaired) electrons. The number of hydrogen-bond donors (Lipinski definition) is 1. The van der Waals surface area contributed by atoms with Crippen LogP contribution in [0.5, 0.6) is 0 Å². The van der Waals surface area contributed by atoms with Crippen molar-refractivity contribution in [3.8, 4) is 0 Å². The zero-order chi connectivity index (χ0) is 12.3. The van der Waals surface area contributed by atoms with E-state index in [1.54, 1.807) is 12.5 Å². The van der Waals surface area contributed by atoms with Gasteiger partial charge in [-0.05, 0) is 24.0 Å². The molecule has 17 heavy (non-hydrogen) atoms. The minimum atomic E-state index is 0.162. The summed E-state index contributed by atoms with van der Waals surface area (Å²) in [5.41, 5.74) is 1.02. The molecule has 2 aromatic rings. The lowest BCUT2D eigenvalue weighted by molar-refractivity contribution is 0.379. The van der Waals surface area contributed by atoms with Crippen LogP contribution < -0.4 is 5.32 Å². The quantitative estimate of drug-likeness (QED) is 0.821. The fourth-order valence-electron chi connectivity index (χ4n) is 1.70. The molecule has 0 saturated heterocycles. The van der Waals surface area contributed by atoms with Gasteiger partial charge in [0, 0.05) is 18.6 Å². The summed E-state index contributed by atoms with van der Waals surface area (Å²) >= 11 is 5.79. The first-order valence-electron chi connectivity index (χ1n) is 5.74. The average molecular weight is 253 g/mol. The van der Waals surface area contributed by atoms with Gasteiger partial charge in [0.1, 0.15) is 11.4 Å². The van der Waals surface area contributed by atoms with Crippen molar-refractivity contribution in [1.82, 2.24) is 4.98 Å². The maximum Gasteiger partial charge on any atom is 0.139 e. The molecule has 1 N–H and O–H groups in total. The molecule has 0 aromatic carbocycles. The van der Waals surface area contributed by atoms with E-state index in [0.717, 1.165) is 29.8 Å². The maximum absolute atomic E-state index is 5.79. The topological polar surface area (TPSA) is 38.1 Å². The number of halogens is 1. The number of nitrogens with one attached hydrogen (secondary N) is 1. The molecule has 2 rings (SSSR count). The molecular weight excluding hydrogens is 236 g/mol. The van der Waals surface area contributed by atoms with E-state index in [-0.39, 0.29) is 5.41 Å². The average Bonchev–Trinajstić information content (AvgIpc) is 2.74. The molecule has 0 fully saturated rings. The SMILES string of the molecule is CC(C)(CCCl)CNc1nccc2occc12. The van der Waals surface area contributed by atoms with Crippen LogP contribution in [-0.4, -0.2) is 17.4 Å². The highest BCUT2D eigenvalue weighted by Crippen LogP contribution is 2.25. The van der Waals surface area contributed by atoms with Gasteiger partial charge in [0.05, 0.1) is 11.6 Å². The summed E-state index contributed by atoms with van der Waals surface area (Å²) in [6.07, 6.45) is 4.41. The summed E-state index contributed by atoms with van der Waals surface area (Å²) in [6.45, 7) is 5.23. The van der Waals surface area contributed by atoms with Gasteiger partial charge in [-0.3, -0.25) is 0 Å². The molecule has 0 atom stereocenters. The standard InChI is InChI=1S/C13H17ClN2O/c1-13(2,5-6-14)9-16-12-10-4-8-17-11(10)3-7-15-12/h3-4,7-8H,5-6,9H2,1-2H3,(H,15,16). The molecule has 0 saturated carbocycles. The van der Waals surface area contributed by atoms with Crippen LogP contribution >= 0.6 is 11.6 Å². The van der Waals surface area contributed by atoms with Crippen molar-refractivity contribution in [2.45, 2.75) is 20.3 Å². The normalized spacial score (nSPS) is 11.9. The second-order valence-electron chi connectivity index (χ2n) is 4.95. The van der Waals surface area contributed by atoms with E-state index in [9.17, 15) is 0 Å². The predicted octanol–water partition coefficient (Wildman–Crippen LogP) is 3.89. The first kappa shape index (κ1) is 12.2. The molecule has 0 spiro atoms. The highest BCUT2D eigenvalue weighted by atomic mass is 35.5. The number of aromatic nitrogens is 1. The third-order valence-electron chi connectivity index (χ3n) is 2.89. The van der Waals surface area contributed by atoms with E-state index in [2.05, 4.69) is 24.1 Å². The van der Waals surface area contributed by atoms with Crippen LogP contribution in [0, 0.1) is 5.41 Å². The number of nitrogens with zero attached hydrogens (tertiary/aromatic N) is 1. The molecule has 2 aromatic heterocycles. The number of fused-ring (bicyclic) bond motifs is 1. The Morgan fingerprint density at radius 2 is 2.24 bits per heavy atom. The molecule has 92 valence electrons. The number of furan rings is 1. The lowest BCUT2D eigenvalue weighted by Gasteiger charge is -2.24. The van der Waals surface area contributed by atoms with E-state index in [4.69, 9.17) is 16.0 Å². The number of anilines is 1. The van der Waals surface area contributed by atoms with Gasteiger partial charge in [-0.2, -0.15) is 0 Å². The smallest absolute Gasteiger partial charge is 0.139 e. The maximum atomic E-state index is 5.79. The van der Waals surface area contributed by atoms with Gasteiger partial charge in [-0.15, -0.1) is 11.6 Å².